The van der Waals surface area contributed by atoms with Crippen molar-refractivity contribution < 1.29 is 19.1 Å². The van der Waals surface area contributed by atoms with Gasteiger partial charge in [0.25, 0.3) is 5.91 Å². The third-order valence-electron chi connectivity index (χ3n) is 4.53. The minimum absolute atomic E-state index is 0.106. The number of hydrogen-bond donors (Lipinski definition) is 1. The third kappa shape index (κ3) is 4.20. The Morgan fingerprint density at radius 2 is 2.00 bits per heavy atom. The molecular formula is C19H21ClN2O4S. The monoisotopic (exact) mass is 408 g/mol. The van der Waals surface area contributed by atoms with Crippen LogP contribution in [0.25, 0.3) is 0 Å². The number of benzene rings is 1. The second kappa shape index (κ2) is 8.63. The van der Waals surface area contributed by atoms with Crippen LogP contribution in [-0.2, 0) is 4.79 Å². The highest BCUT2D eigenvalue weighted by molar-refractivity contribution is 7.12. The Hall–Kier alpha value is -2.25. The van der Waals surface area contributed by atoms with E-state index < -0.39 is 6.04 Å². The van der Waals surface area contributed by atoms with E-state index in [9.17, 15) is 9.59 Å². The molecule has 3 rings (SSSR count). The normalized spacial score (nSPS) is 16.7. The first-order valence-corrected chi connectivity index (χ1v) is 9.87. The van der Waals surface area contributed by atoms with Crippen molar-refractivity contribution in [2.24, 2.45) is 0 Å². The topological polar surface area (TPSA) is 67.9 Å². The molecule has 0 aliphatic carbocycles. The van der Waals surface area contributed by atoms with Crippen LogP contribution in [0.3, 0.4) is 0 Å². The van der Waals surface area contributed by atoms with Gasteiger partial charge in [-0.05, 0) is 30.7 Å². The molecule has 0 spiro atoms. The number of carbonyl (C=O) groups excluding carboxylic acids is 2. The number of hydrogen-bond acceptors (Lipinski definition) is 5. The summed E-state index contributed by atoms with van der Waals surface area (Å²) in [7, 11) is 3.00. The highest BCUT2D eigenvalue weighted by Gasteiger charge is 2.33. The molecule has 8 heteroatoms. The number of carbonyl (C=O) groups is 2. The van der Waals surface area contributed by atoms with Gasteiger partial charge in [-0.25, -0.2) is 0 Å². The van der Waals surface area contributed by atoms with Crippen molar-refractivity contribution in [1.82, 2.24) is 4.90 Å². The lowest BCUT2D eigenvalue weighted by molar-refractivity contribution is -0.121. The number of rotatable bonds is 5. The van der Waals surface area contributed by atoms with Gasteiger partial charge in [0.1, 0.15) is 17.5 Å². The lowest BCUT2D eigenvalue weighted by Gasteiger charge is -2.34. The number of thiophene rings is 1. The number of nitrogens with one attached hydrogen (secondary N) is 1. The third-order valence-corrected chi connectivity index (χ3v) is 5.68. The maximum Gasteiger partial charge on any atom is 0.264 e. The summed E-state index contributed by atoms with van der Waals surface area (Å²) >= 11 is 7.50. The van der Waals surface area contributed by atoms with E-state index in [1.807, 2.05) is 11.4 Å². The Morgan fingerprint density at radius 3 is 2.67 bits per heavy atom. The van der Waals surface area contributed by atoms with E-state index in [2.05, 4.69) is 5.32 Å². The summed E-state index contributed by atoms with van der Waals surface area (Å²) in [4.78, 5) is 28.1. The Kier molecular flexibility index (Phi) is 6.23. The molecule has 0 bridgehead atoms. The van der Waals surface area contributed by atoms with Crippen LogP contribution in [0, 0.1) is 0 Å². The maximum absolute atomic E-state index is 13.0. The van der Waals surface area contributed by atoms with Crippen molar-refractivity contribution in [2.75, 3.05) is 26.1 Å². The Bertz CT molecular complexity index is 825. The molecule has 144 valence electrons. The first-order chi connectivity index (χ1) is 13.0. The van der Waals surface area contributed by atoms with Gasteiger partial charge in [-0.15, -0.1) is 11.3 Å². The Labute approximate surface area is 167 Å². The predicted octanol–water partition coefficient (Wildman–Crippen LogP) is 4.05. The van der Waals surface area contributed by atoms with Gasteiger partial charge < -0.3 is 19.7 Å². The van der Waals surface area contributed by atoms with Crippen molar-refractivity contribution in [3.63, 3.8) is 0 Å². The summed E-state index contributed by atoms with van der Waals surface area (Å²) in [5, 5.41) is 5.12. The Balaban J connectivity index is 1.82. The van der Waals surface area contributed by atoms with Crippen molar-refractivity contribution in [3.8, 4) is 11.5 Å². The summed E-state index contributed by atoms with van der Waals surface area (Å²) in [5.41, 5.74) is 0.456. The van der Waals surface area contributed by atoms with Crippen LogP contribution in [0.15, 0.2) is 29.6 Å². The van der Waals surface area contributed by atoms with Gasteiger partial charge in [-0.2, -0.15) is 0 Å². The number of ether oxygens (including phenoxy) is 2. The highest BCUT2D eigenvalue weighted by atomic mass is 35.5. The fraction of sp³-hybridized carbons (Fsp3) is 0.368. The molecule has 1 saturated heterocycles. The van der Waals surface area contributed by atoms with Crippen LogP contribution in [0.2, 0.25) is 5.02 Å². The standard InChI is InChI=1S/C19H21ClN2O4S/c1-25-15-11-13(16(26-2)10-12(15)20)21-18(23)14-6-3-4-8-22(14)19(24)17-7-5-9-27-17/h5,7,9-11,14H,3-4,6,8H2,1-2H3,(H,21,23). The van der Waals surface area contributed by atoms with Crippen molar-refractivity contribution in [3.05, 3.63) is 39.5 Å². The lowest BCUT2D eigenvalue weighted by Crippen LogP contribution is -2.49. The molecule has 0 saturated carbocycles. The minimum Gasteiger partial charge on any atom is -0.495 e. The van der Waals surface area contributed by atoms with Gasteiger partial charge in [0, 0.05) is 18.7 Å². The lowest BCUT2D eigenvalue weighted by atomic mass is 10.0. The number of anilines is 1. The summed E-state index contributed by atoms with van der Waals surface area (Å²) in [6.07, 6.45) is 2.41. The van der Waals surface area contributed by atoms with Crippen LogP contribution >= 0.6 is 22.9 Å². The SMILES string of the molecule is COc1cc(NC(=O)C2CCCCN2C(=O)c2cccs2)c(OC)cc1Cl. The average Bonchev–Trinajstić information content (AvgIpc) is 3.23. The van der Waals surface area contributed by atoms with E-state index in [0.29, 0.717) is 40.1 Å². The molecule has 1 aliphatic heterocycles. The molecule has 1 aromatic heterocycles. The first-order valence-electron chi connectivity index (χ1n) is 8.62. The zero-order valence-electron chi connectivity index (χ0n) is 15.2. The molecule has 0 radical (unpaired) electrons. The summed E-state index contributed by atoms with van der Waals surface area (Å²) in [6, 6.07) is 6.30. The van der Waals surface area contributed by atoms with Crippen molar-refractivity contribution >= 4 is 40.4 Å². The van der Waals surface area contributed by atoms with Gasteiger partial charge >= 0.3 is 0 Å². The fourth-order valence-corrected chi connectivity index (χ4v) is 4.07. The van der Waals surface area contributed by atoms with Gasteiger partial charge in [-0.1, -0.05) is 17.7 Å². The van der Waals surface area contributed by atoms with Gasteiger partial charge in [0.05, 0.1) is 29.8 Å². The fourth-order valence-electron chi connectivity index (χ4n) is 3.16. The van der Waals surface area contributed by atoms with Crippen LogP contribution in [-0.4, -0.2) is 43.5 Å². The van der Waals surface area contributed by atoms with Gasteiger partial charge in [-0.3, -0.25) is 9.59 Å². The molecule has 1 fully saturated rings. The van der Waals surface area contributed by atoms with Crippen molar-refractivity contribution in [2.45, 2.75) is 25.3 Å². The van der Waals surface area contributed by atoms with Gasteiger partial charge in [0.15, 0.2) is 0 Å². The van der Waals surface area contributed by atoms with Crippen LogP contribution in [0.4, 0.5) is 5.69 Å². The average molecular weight is 409 g/mol. The van der Waals surface area contributed by atoms with Crippen LogP contribution < -0.4 is 14.8 Å². The van der Waals surface area contributed by atoms with Crippen molar-refractivity contribution in [1.29, 1.82) is 0 Å². The maximum atomic E-state index is 13.0. The van der Waals surface area contributed by atoms with E-state index in [-0.39, 0.29) is 11.8 Å². The molecule has 6 nitrogen and oxygen atoms in total. The summed E-state index contributed by atoms with van der Waals surface area (Å²) in [5.74, 6) is 0.511. The number of halogens is 1. The molecule has 2 amide bonds. The predicted molar refractivity (Wildman–Crippen MR) is 106 cm³/mol. The number of likely N-dealkylation sites (tertiary alicyclic amines) is 1. The molecule has 2 heterocycles. The molecule has 2 aromatic rings. The number of piperidine rings is 1. The Morgan fingerprint density at radius 1 is 1.22 bits per heavy atom. The zero-order chi connectivity index (χ0) is 19.4. The molecule has 1 atom stereocenters. The minimum atomic E-state index is -0.528. The van der Waals surface area contributed by atoms with Crippen LogP contribution in [0.1, 0.15) is 28.9 Å². The molecular weight excluding hydrogens is 388 g/mol. The second-order valence-corrected chi connectivity index (χ2v) is 7.52. The number of amides is 2. The summed E-state index contributed by atoms with van der Waals surface area (Å²) in [6.45, 7) is 0.565. The van der Waals surface area contributed by atoms with E-state index >= 15 is 0 Å². The quantitative estimate of drug-likeness (QED) is 0.810. The molecule has 1 aromatic carbocycles. The first kappa shape index (κ1) is 19.5. The van der Waals surface area contributed by atoms with E-state index in [0.717, 1.165) is 12.8 Å². The summed E-state index contributed by atoms with van der Waals surface area (Å²) < 4.78 is 10.5. The van der Waals surface area contributed by atoms with E-state index in [1.165, 1.54) is 25.6 Å². The highest BCUT2D eigenvalue weighted by Crippen LogP contribution is 2.36. The number of methoxy groups -OCH3 is 2. The smallest absolute Gasteiger partial charge is 0.264 e. The van der Waals surface area contributed by atoms with Crippen LogP contribution in [0.5, 0.6) is 11.5 Å². The zero-order valence-corrected chi connectivity index (χ0v) is 16.7. The molecule has 27 heavy (non-hydrogen) atoms. The van der Waals surface area contributed by atoms with Gasteiger partial charge in [0.2, 0.25) is 5.91 Å². The van der Waals surface area contributed by atoms with E-state index in [4.69, 9.17) is 21.1 Å². The second-order valence-electron chi connectivity index (χ2n) is 6.16. The molecule has 1 N–H and O–H groups in total. The largest absolute Gasteiger partial charge is 0.495 e. The number of nitrogens with zero attached hydrogens (tertiary/aromatic N) is 1. The van der Waals surface area contributed by atoms with E-state index in [1.54, 1.807) is 23.1 Å². The molecule has 1 aliphatic rings. The molecule has 1 unspecified atom stereocenters.